The summed E-state index contributed by atoms with van der Waals surface area (Å²) in [6.07, 6.45) is 0.0525. The molecule has 0 aliphatic heterocycles. The van der Waals surface area contributed by atoms with E-state index in [2.05, 4.69) is 25.7 Å². The van der Waals surface area contributed by atoms with Gasteiger partial charge in [-0.2, -0.15) is 5.10 Å². The molecule has 7 nitrogen and oxygen atoms in total. The summed E-state index contributed by atoms with van der Waals surface area (Å²) in [6.45, 7) is 0. The number of carbonyl (C=O) groups excluding carboxylic acids is 1. The second kappa shape index (κ2) is 5.17. The maximum absolute atomic E-state index is 11.9. The van der Waals surface area contributed by atoms with E-state index in [1.165, 1.54) is 16.8 Å². The number of hydrogen-bond acceptors (Lipinski definition) is 6. The molecule has 1 aromatic carbocycles. The number of nitrogens with one attached hydrogen (secondary N) is 2. The van der Waals surface area contributed by atoms with Crippen LogP contribution in [0.2, 0.25) is 0 Å². The number of hydrogen-bond donors (Lipinski definition) is 2. The molecule has 2 aromatic heterocycles. The Bertz CT molecular complexity index is 812. The molecule has 0 atom stereocenters. The van der Waals surface area contributed by atoms with Gasteiger partial charge in [0.2, 0.25) is 11.0 Å². The van der Waals surface area contributed by atoms with Gasteiger partial charge in [-0.15, -0.1) is 10.2 Å². The molecule has 0 aliphatic carbocycles. The Balaban J connectivity index is 1.89. The van der Waals surface area contributed by atoms with Crippen molar-refractivity contribution in [3.8, 4) is 0 Å². The van der Waals surface area contributed by atoms with Crippen molar-refractivity contribution in [2.75, 3.05) is 5.32 Å². The molecular formula is C12H9N5O2S. The third-order valence-electron chi connectivity index (χ3n) is 2.71. The Morgan fingerprint density at radius 1 is 1.30 bits per heavy atom. The minimum atomic E-state index is -0.270. The number of carbonyl (C=O) groups is 1. The van der Waals surface area contributed by atoms with Crippen LogP contribution in [0.15, 0.2) is 34.6 Å². The summed E-state index contributed by atoms with van der Waals surface area (Å²) in [5.41, 5.74) is 1.78. The fraction of sp³-hybridized carbons (Fsp3) is 0.0833. The first-order valence-electron chi connectivity index (χ1n) is 5.76. The van der Waals surface area contributed by atoms with E-state index < -0.39 is 0 Å². The standard InChI is InChI=1S/C12H9N5O2S/c18-10(14-12-17-13-6-20-12)5-9-7-3-1-2-4-8(7)11(19)16-15-9/h1-4,6H,5H2,(H,16,19)(H,14,17,18). The van der Waals surface area contributed by atoms with Crippen molar-refractivity contribution in [3.63, 3.8) is 0 Å². The molecule has 0 saturated heterocycles. The predicted molar refractivity (Wildman–Crippen MR) is 74.6 cm³/mol. The van der Waals surface area contributed by atoms with Crippen LogP contribution in [0.3, 0.4) is 0 Å². The highest BCUT2D eigenvalue weighted by Gasteiger charge is 2.11. The number of amides is 1. The van der Waals surface area contributed by atoms with E-state index in [1.54, 1.807) is 24.3 Å². The van der Waals surface area contributed by atoms with Crippen LogP contribution in [-0.4, -0.2) is 26.3 Å². The lowest BCUT2D eigenvalue weighted by atomic mass is 10.1. The van der Waals surface area contributed by atoms with Crippen molar-refractivity contribution >= 4 is 33.1 Å². The maximum atomic E-state index is 11.9. The highest BCUT2D eigenvalue weighted by atomic mass is 32.1. The number of H-pyrrole nitrogens is 1. The molecule has 8 heteroatoms. The number of nitrogens with zero attached hydrogens (tertiary/aromatic N) is 3. The minimum absolute atomic E-state index is 0.0525. The summed E-state index contributed by atoms with van der Waals surface area (Å²) >= 11 is 1.24. The lowest BCUT2D eigenvalue weighted by Gasteiger charge is -2.04. The number of aromatic amines is 1. The lowest BCUT2D eigenvalue weighted by Crippen LogP contribution is -2.18. The van der Waals surface area contributed by atoms with Crippen molar-refractivity contribution in [3.05, 3.63) is 45.8 Å². The number of fused-ring (bicyclic) bond motifs is 1. The monoisotopic (exact) mass is 287 g/mol. The van der Waals surface area contributed by atoms with Crippen molar-refractivity contribution in [2.24, 2.45) is 0 Å². The number of aromatic nitrogens is 4. The molecule has 1 amide bonds. The Morgan fingerprint density at radius 3 is 2.85 bits per heavy atom. The fourth-order valence-electron chi connectivity index (χ4n) is 1.85. The third kappa shape index (κ3) is 2.41. The first-order chi connectivity index (χ1) is 9.74. The minimum Gasteiger partial charge on any atom is -0.300 e. The molecular weight excluding hydrogens is 278 g/mol. The van der Waals surface area contributed by atoms with E-state index in [-0.39, 0.29) is 17.9 Å². The summed E-state index contributed by atoms with van der Waals surface area (Å²) in [4.78, 5) is 23.5. The SMILES string of the molecule is O=C(Cc1n[nH]c(=O)c2ccccc12)Nc1nncs1. The molecule has 0 spiro atoms. The maximum Gasteiger partial charge on any atom is 0.272 e. The molecule has 0 aliphatic rings. The van der Waals surface area contributed by atoms with Crippen LogP contribution in [0.25, 0.3) is 10.8 Å². The van der Waals surface area contributed by atoms with Crippen molar-refractivity contribution < 1.29 is 4.79 Å². The van der Waals surface area contributed by atoms with E-state index in [9.17, 15) is 9.59 Å². The zero-order valence-electron chi connectivity index (χ0n) is 10.2. The van der Waals surface area contributed by atoms with Gasteiger partial charge < -0.3 is 5.32 Å². The van der Waals surface area contributed by atoms with Gasteiger partial charge in [-0.1, -0.05) is 29.5 Å². The van der Waals surface area contributed by atoms with Crippen molar-refractivity contribution in [2.45, 2.75) is 6.42 Å². The summed E-state index contributed by atoms with van der Waals surface area (Å²) in [5.74, 6) is -0.258. The molecule has 2 heterocycles. The van der Waals surface area contributed by atoms with E-state index in [1.807, 2.05) is 0 Å². The van der Waals surface area contributed by atoms with Gasteiger partial charge in [0.1, 0.15) is 5.51 Å². The largest absolute Gasteiger partial charge is 0.300 e. The van der Waals surface area contributed by atoms with E-state index >= 15 is 0 Å². The van der Waals surface area contributed by atoms with Gasteiger partial charge in [-0.25, -0.2) is 5.10 Å². The highest BCUT2D eigenvalue weighted by molar-refractivity contribution is 7.13. The highest BCUT2D eigenvalue weighted by Crippen LogP contribution is 2.14. The smallest absolute Gasteiger partial charge is 0.272 e. The summed E-state index contributed by atoms with van der Waals surface area (Å²) in [5, 5.41) is 18.0. The van der Waals surface area contributed by atoms with Gasteiger partial charge in [-0.05, 0) is 6.07 Å². The Morgan fingerprint density at radius 2 is 2.10 bits per heavy atom. The Kier molecular flexibility index (Phi) is 3.21. The van der Waals surface area contributed by atoms with Crippen LogP contribution >= 0.6 is 11.3 Å². The molecule has 3 rings (SSSR count). The second-order valence-corrected chi connectivity index (χ2v) is 4.85. The Hall–Kier alpha value is -2.61. The number of benzene rings is 1. The molecule has 0 saturated carbocycles. The van der Waals surface area contributed by atoms with Gasteiger partial charge in [0.05, 0.1) is 17.5 Å². The van der Waals surface area contributed by atoms with Crippen LogP contribution in [-0.2, 0) is 11.2 Å². The van der Waals surface area contributed by atoms with Crippen LogP contribution in [0.5, 0.6) is 0 Å². The van der Waals surface area contributed by atoms with Crippen LogP contribution in [0, 0.1) is 0 Å². The van der Waals surface area contributed by atoms with Gasteiger partial charge in [0, 0.05) is 5.39 Å². The van der Waals surface area contributed by atoms with Gasteiger partial charge in [-0.3, -0.25) is 9.59 Å². The van der Waals surface area contributed by atoms with E-state index in [0.717, 1.165) is 0 Å². The first kappa shape index (κ1) is 12.4. The normalized spacial score (nSPS) is 10.6. The molecule has 3 aromatic rings. The van der Waals surface area contributed by atoms with Crippen LogP contribution in [0.4, 0.5) is 5.13 Å². The van der Waals surface area contributed by atoms with Gasteiger partial charge >= 0.3 is 0 Å². The van der Waals surface area contributed by atoms with Gasteiger partial charge in [0.25, 0.3) is 5.56 Å². The zero-order valence-corrected chi connectivity index (χ0v) is 11.0. The fourth-order valence-corrected chi connectivity index (χ4v) is 2.31. The van der Waals surface area contributed by atoms with Crippen LogP contribution < -0.4 is 10.9 Å². The molecule has 2 N–H and O–H groups in total. The molecule has 20 heavy (non-hydrogen) atoms. The summed E-state index contributed by atoms with van der Waals surface area (Å²) in [7, 11) is 0. The lowest BCUT2D eigenvalue weighted by molar-refractivity contribution is -0.115. The number of rotatable bonds is 3. The summed E-state index contributed by atoms with van der Waals surface area (Å²) in [6, 6.07) is 7.03. The number of anilines is 1. The predicted octanol–water partition coefficient (Wildman–Crippen LogP) is 0.956. The molecule has 100 valence electrons. The molecule has 0 bridgehead atoms. The van der Waals surface area contributed by atoms with Crippen LogP contribution in [0.1, 0.15) is 5.69 Å². The quantitative estimate of drug-likeness (QED) is 0.747. The zero-order chi connectivity index (χ0) is 13.9. The third-order valence-corrected chi connectivity index (χ3v) is 3.32. The average Bonchev–Trinajstić information content (AvgIpc) is 2.95. The van der Waals surface area contributed by atoms with Crippen molar-refractivity contribution in [1.29, 1.82) is 0 Å². The first-order valence-corrected chi connectivity index (χ1v) is 6.64. The molecule has 0 fully saturated rings. The summed E-state index contributed by atoms with van der Waals surface area (Å²) < 4.78 is 0. The van der Waals surface area contributed by atoms with Gasteiger partial charge in [0.15, 0.2) is 0 Å². The molecule has 0 radical (unpaired) electrons. The average molecular weight is 287 g/mol. The van der Waals surface area contributed by atoms with Crippen molar-refractivity contribution in [1.82, 2.24) is 20.4 Å². The second-order valence-electron chi connectivity index (χ2n) is 4.01. The molecule has 0 unspecified atom stereocenters. The van der Waals surface area contributed by atoms with E-state index in [4.69, 9.17) is 0 Å². The topological polar surface area (TPSA) is 101 Å². The van der Waals surface area contributed by atoms with E-state index in [0.29, 0.717) is 21.6 Å². The Labute approximate surface area is 116 Å².